The maximum Gasteiger partial charge on any atom is 0.131 e. The molecule has 46 heavy (non-hydrogen) atoms. The third-order valence-corrected chi connectivity index (χ3v) is 7.29. The number of phenols is 2. The average Bonchev–Trinajstić information content (AvgIpc) is 3.06. The Morgan fingerprint density at radius 2 is 0.652 bits per heavy atom. The molecule has 232 valence electrons. The molecule has 0 spiro atoms. The second-order valence-electron chi connectivity index (χ2n) is 10.1. The summed E-state index contributed by atoms with van der Waals surface area (Å²) in [4.78, 5) is 0. The van der Waals surface area contributed by atoms with Gasteiger partial charge in [-0.25, -0.2) is 17.6 Å². The summed E-state index contributed by atoms with van der Waals surface area (Å²) in [6.07, 6.45) is 0. The molecule has 0 bridgehead atoms. The SMILES string of the molecule is COc1cc(OC)c(-c2ccccc2F)cc1-c1ccccc1F.Oc1cc(O)c(-c2ccccc2F)cc1-c1ccccc1F. The highest BCUT2D eigenvalue weighted by molar-refractivity contribution is 5.83. The molecule has 0 amide bonds. The summed E-state index contributed by atoms with van der Waals surface area (Å²) >= 11 is 0. The van der Waals surface area contributed by atoms with Gasteiger partial charge in [0.05, 0.1) is 14.2 Å². The summed E-state index contributed by atoms with van der Waals surface area (Å²) in [5, 5.41) is 20.0. The van der Waals surface area contributed by atoms with Crippen LogP contribution in [-0.2, 0) is 0 Å². The summed E-state index contributed by atoms with van der Waals surface area (Å²) in [7, 11) is 3.00. The van der Waals surface area contributed by atoms with Gasteiger partial charge < -0.3 is 19.7 Å². The van der Waals surface area contributed by atoms with Crippen LogP contribution < -0.4 is 9.47 Å². The monoisotopic (exact) mass is 624 g/mol. The fourth-order valence-corrected chi connectivity index (χ4v) is 5.05. The summed E-state index contributed by atoms with van der Waals surface area (Å²) in [5.74, 6) is -1.41. The highest BCUT2D eigenvalue weighted by Gasteiger charge is 2.19. The highest BCUT2D eigenvalue weighted by atomic mass is 19.1. The van der Waals surface area contributed by atoms with Crippen LogP contribution in [0.1, 0.15) is 0 Å². The molecule has 0 aliphatic carbocycles. The molecule has 0 heterocycles. The first-order chi connectivity index (χ1) is 22.2. The zero-order valence-corrected chi connectivity index (χ0v) is 24.8. The van der Waals surface area contributed by atoms with Gasteiger partial charge in [-0.1, -0.05) is 72.8 Å². The van der Waals surface area contributed by atoms with Gasteiger partial charge in [0.2, 0.25) is 0 Å². The van der Waals surface area contributed by atoms with E-state index in [0.29, 0.717) is 33.8 Å². The number of halogens is 4. The van der Waals surface area contributed by atoms with Crippen molar-refractivity contribution in [3.63, 3.8) is 0 Å². The van der Waals surface area contributed by atoms with Crippen molar-refractivity contribution in [2.75, 3.05) is 14.2 Å². The third kappa shape index (κ3) is 6.51. The van der Waals surface area contributed by atoms with Crippen LogP contribution >= 0.6 is 0 Å². The van der Waals surface area contributed by atoms with Crippen LogP contribution in [0, 0.1) is 23.3 Å². The van der Waals surface area contributed by atoms with Crippen molar-refractivity contribution in [1.82, 2.24) is 0 Å². The van der Waals surface area contributed by atoms with Crippen molar-refractivity contribution in [2.45, 2.75) is 0 Å². The third-order valence-electron chi connectivity index (χ3n) is 7.29. The first-order valence-corrected chi connectivity index (χ1v) is 14.0. The first-order valence-electron chi connectivity index (χ1n) is 14.0. The van der Waals surface area contributed by atoms with Gasteiger partial charge in [-0.15, -0.1) is 0 Å². The number of hydrogen-bond acceptors (Lipinski definition) is 4. The number of methoxy groups -OCH3 is 2. The fraction of sp³-hybridized carbons (Fsp3) is 0.0526. The molecule has 0 atom stereocenters. The lowest BCUT2D eigenvalue weighted by atomic mass is 9.96. The van der Waals surface area contributed by atoms with E-state index in [1.165, 1.54) is 68.8 Å². The molecule has 4 nitrogen and oxygen atoms in total. The molecule has 0 unspecified atom stereocenters. The van der Waals surface area contributed by atoms with E-state index < -0.39 is 11.6 Å². The van der Waals surface area contributed by atoms with E-state index in [2.05, 4.69) is 0 Å². The zero-order chi connectivity index (χ0) is 32.8. The van der Waals surface area contributed by atoms with Gasteiger partial charge in [0, 0.05) is 56.6 Å². The van der Waals surface area contributed by atoms with Crippen molar-refractivity contribution in [2.24, 2.45) is 0 Å². The molecule has 0 saturated heterocycles. The van der Waals surface area contributed by atoms with Crippen LogP contribution in [0.4, 0.5) is 17.6 Å². The van der Waals surface area contributed by atoms with Crippen LogP contribution in [0.25, 0.3) is 44.5 Å². The molecular formula is C38H28F4O4. The highest BCUT2D eigenvalue weighted by Crippen LogP contribution is 2.43. The molecule has 0 aromatic heterocycles. The van der Waals surface area contributed by atoms with Crippen molar-refractivity contribution in [3.8, 4) is 67.5 Å². The predicted molar refractivity (Wildman–Crippen MR) is 171 cm³/mol. The number of benzene rings is 6. The number of aromatic hydroxyl groups is 2. The molecule has 0 aliphatic rings. The average molecular weight is 625 g/mol. The number of rotatable bonds is 6. The van der Waals surface area contributed by atoms with Gasteiger partial charge in [-0.3, -0.25) is 0 Å². The lowest BCUT2D eigenvalue weighted by molar-refractivity contribution is 0.396. The number of phenolic OH excluding ortho intramolecular Hbond substituents is 2. The minimum Gasteiger partial charge on any atom is -0.507 e. The van der Waals surface area contributed by atoms with Crippen molar-refractivity contribution in [1.29, 1.82) is 0 Å². The van der Waals surface area contributed by atoms with Crippen molar-refractivity contribution in [3.05, 3.63) is 145 Å². The van der Waals surface area contributed by atoms with E-state index in [9.17, 15) is 27.8 Å². The quantitative estimate of drug-likeness (QED) is 0.181. The fourth-order valence-electron chi connectivity index (χ4n) is 5.05. The Labute approximate surface area is 263 Å². The second kappa shape index (κ2) is 13.9. The van der Waals surface area contributed by atoms with E-state index in [0.717, 1.165) is 6.07 Å². The lowest BCUT2D eigenvalue weighted by Crippen LogP contribution is -1.96. The molecule has 6 aromatic carbocycles. The van der Waals surface area contributed by atoms with E-state index in [1.54, 1.807) is 60.7 Å². The van der Waals surface area contributed by atoms with Gasteiger partial charge in [-0.05, 0) is 36.4 Å². The molecule has 2 N–H and O–H groups in total. The van der Waals surface area contributed by atoms with E-state index in [1.807, 2.05) is 0 Å². The van der Waals surface area contributed by atoms with Gasteiger partial charge in [0.1, 0.15) is 46.3 Å². The van der Waals surface area contributed by atoms with Crippen LogP contribution in [0.2, 0.25) is 0 Å². The minimum atomic E-state index is -0.511. The summed E-state index contributed by atoms with van der Waals surface area (Å²) in [6, 6.07) is 30.5. The topological polar surface area (TPSA) is 58.9 Å². The maximum absolute atomic E-state index is 14.2. The van der Waals surface area contributed by atoms with E-state index in [4.69, 9.17) is 9.47 Å². The van der Waals surface area contributed by atoms with Crippen LogP contribution in [0.3, 0.4) is 0 Å². The maximum atomic E-state index is 14.2. The summed E-state index contributed by atoms with van der Waals surface area (Å²) < 4.78 is 67.1. The van der Waals surface area contributed by atoms with Crippen molar-refractivity contribution < 1.29 is 37.2 Å². The molecule has 8 heteroatoms. The standard InChI is InChI=1S/C20H16F2O2.C18H12F2O2/c1-23-19-12-20(24-2)16(14-8-4-6-10-18(14)22)11-15(19)13-7-3-5-9-17(13)21;19-15-7-3-1-5-11(15)13-9-14(18(22)10-17(13)21)12-6-2-4-8-16(12)20/h3-12H,1-2H3;1-10,21-22H. The van der Waals surface area contributed by atoms with Gasteiger partial charge in [0.25, 0.3) is 0 Å². The normalized spacial score (nSPS) is 10.6. The Kier molecular flexibility index (Phi) is 9.57. The molecule has 0 fully saturated rings. The second-order valence-corrected chi connectivity index (χ2v) is 10.1. The minimum absolute atomic E-state index is 0.178. The van der Waals surface area contributed by atoms with Gasteiger partial charge >= 0.3 is 0 Å². The Balaban J connectivity index is 0.000000182. The molecule has 0 saturated carbocycles. The van der Waals surface area contributed by atoms with E-state index in [-0.39, 0.29) is 45.4 Å². The lowest BCUT2D eigenvalue weighted by Gasteiger charge is -2.16. The van der Waals surface area contributed by atoms with E-state index >= 15 is 0 Å². The molecular weight excluding hydrogens is 596 g/mol. The Hall–Kier alpha value is -5.76. The molecule has 6 rings (SSSR count). The number of ether oxygens (including phenoxy) is 2. The number of hydrogen-bond donors (Lipinski definition) is 2. The molecule has 6 aromatic rings. The zero-order valence-electron chi connectivity index (χ0n) is 24.8. The van der Waals surface area contributed by atoms with Crippen LogP contribution in [0.15, 0.2) is 121 Å². The van der Waals surface area contributed by atoms with Gasteiger partial charge in [-0.2, -0.15) is 0 Å². The Morgan fingerprint density at radius 3 is 0.957 bits per heavy atom. The Bertz CT molecular complexity index is 1870. The first kappa shape index (κ1) is 31.7. The summed E-state index contributed by atoms with van der Waals surface area (Å²) in [5.41, 5.74) is 2.58. The molecule has 0 radical (unpaired) electrons. The Morgan fingerprint density at radius 1 is 0.370 bits per heavy atom. The molecule has 0 aliphatic heterocycles. The van der Waals surface area contributed by atoms with Crippen LogP contribution in [0.5, 0.6) is 23.0 Å². The summed E-state index contributed by atoms with van der Waals surface area (Å²) in [6.45, 7) is 0. The smallest absolute Gasteiger partial charge is 0.131 e. The van der Waals surface area contributed by atoms with Gasteiger partial charge in [0.15, 0.2) is 0 Å². The van der Waals surface area contributed by atoms with Crippen molar-refractivity contribution >= 4 is 0 Å². The van der Waals surface area contributed by atoms with Crippen LogP contribution in [-0.4, -0.2) is 24.4 Å². The largest absolute Gasteiger partial charge is 0.507 e. The predicted octanol–water partition coefficient (Wildman–Crippen LogP) is 10.0.